The minimum Gasteiger partial charge on any atom is -0.310 e. The number of nitrogens with one attached hydrogen (secondary N) is 1. The van der Waals surface area contributed by atoms with E-state index in [1.807, 2.05) is 19.1 Å². The molecule has 4 heteroatoms. The van der Waals surface area contributed by atoms with Crippen LogP contribution < -0.4 is 5.32 Å². The molecule has 13 heavy (non-hydrogen) atoms. The summed E-state index contributed by atoms with van der Waals surface area (Å²) in [6.07, 6.45) is 3.08. The molecule has 0 spiro atoms. The number of rotatable bonds is 3. The molecule has 3 nitrogen and oxygen atoms in total. The first-order chi connectivity index (χ1) is 6.24. The molecule has 0 saturated carbocycles. The molecule has 0 aliphatic rings. The van der Waals surface area contributed by atoms with Crippen molar-refractivity contribution in [2.75, 3.05) is 5.32 Å². The van der Waals surface area contributed by atoms with E-state index in [1.165, 1.54) is 0 Å². The normalized spacial score (nSPS) is 9.69. The van der Waals surface area contributed by atoms with Crippen molar-refractivity contribution in [2.45, 2.75) is 19.8 Å². The molecule has 0 fully saturated rings. The third kappa shape index (κ3) is 3.30. The molecule has 0 radical (unpaired) electrons. The molecule has 1 aromatic heterocycles. The average Bonchev–Trinajstić information content (AvgIpc) is 2.09. The maximum Gasteiger partial charge on any atom is 0.225 e. The number of anilines is 1. The van der Waals surface area contributed by atoms with Gasteiger partial charge in [-0.2, -0.15) is 0 Å². The summed E-state index contributed by atoms with van der Waals surface area (Å²) in [5, 5.41) is 2.75. The number of hydrogen-bond acceptors (Lipinski definition) is 2. The SMILES string of the molecule is CCCC(=O)Nc1ncccc1I. The molecule has 0 unspecified atom stereocenters. The van der Waals surface area contributed by atoms with Gasteiger partial charge in [-0.15, -0.1) is 0 Å². The Kier molecular flexibility index (Phi) is 4.14. The molecule has 1 amide bonds. The van der Waals surface area contributed by atoms with Gasteiger partial charge in [0.2, 0.25) is 5.91 Å². The number of pyridine rings is 1. The molecule has 70 valence electrons. The molecule has 0 aliphatic heterocycles. The molecular weight excluding hydrogens is 279 g/mol. The van der Waals surface area contributed by atoms with Crippen molar-refractivity contribution in [3.05, 3.63) is 21.9 Å². The Labute approximate surface area is 91.1 Å². The topological polar surface area (TPSA) is 42.0 Å². The predicted molar refractivity (Wildman–Crippen MR) is 60.5 cm³/mol. The Morgan fingerprint density at radius 3 is 3.08 bits per heavy atom. The van der Waals surface area contributed by atoms with Crippen LogP contribution in [0.2, 0.25) is 0 Å². The van der Waals surface area contributed by atoms with Crippen LogP contribution in [0.4, 0.5) is 5.82 Å². The second kappa shape index (κ2) is 5.16. The summed E-state index contributed by atoms with van der Waals surface area (Å²) in [5.41, 5.74) is 0. The average molecular weight is 290 g/mol. The van der Waals surface area contributed by atoms with Gasteiger partial charge in [0, 0.05) is 12.6 Å². The summed E-state index contributed by atoms with van der Waals surface area (Å²) in [7, 11) is 0. The molecule has 1 heterocycles. The molecule has 0 aromatic carbocycles. The van der Waals surface area contributed by atoms with Gasteiger partial charge in [-0.1, -0.05) is 6.92 Å². The van der Waals surface area contributed by atoms with Crippen molar-refractivity contribution >= 4 is 34.3 Å². The Morgan fingerprint density at radius 2 is 2.46 bits per heavy atom. The fourth-order valence-corrected chi connectivity index (χ4v) is 1.38. The summed E-state index contributed by atoms with van der Waals surface area (Å²) in [4.78, 5) is 15.3. The Morgan fingerprint density at radius 1 is 1.69 bits per heavy atom. The van der Waals surface area contributed by atoms with Gasteiger partial charge in [0.25, 0.3) is 0 Å². The van der Waals surface area contributed by atoms with Crippen LogP contribution in [0, 0.1) is 3.57 Å². The quantitative estimate of drug-likeness (QED) is 0.869. The van der Waals surface area contributed by atoms with Gasteiger partial charge in [0.1, 0.15) is 5.82 Å². The lowest BCUT2D eigenvalue weighted by Gasteiger charge is -2.04. The molecule has 1 aromatic rings. The van der Waals surface area contributed by atoms with Crippen molar-refractivity contribution in [1.82, 2.24) is 4.98 Å². The zero-order valence-corrected chi connectivity index (χ0v) is 9.54. The van der Waals surface area contributed by atoms with E-state index < -0.39 is 0 Å². The van der Waals surface area contributed by atoms with Gasteiger partial charge in [0.05, 0.1) is 3.57 Å². The van der Waals surface area contributed by atoms with Gasteiger partial charge in [-0.05, 0) is 41.1 Å². The smallest absolute Gasteiger partial charge is 0.225 e. The minimum atomic E-state index is 0.0270. The summed E-state index contributed by atoms with van der Waals surface area (Å²) in [6.45, 7) is 1.98. The third-order valence-electron chi connectivity index (χ3n) is 1.49. The van der Waals surface area contributed by atoms with Crippen LogP contribution in [-0.4, -0.2) is 10.9 Å². The maximum atomic E-state index is 11.2. The Balaban J connectivity index is 2.63. The number of amides is 1. The minimum absolute atomic E-state index is 0.0270. The van der Waals surface area contributed by atoms with Crippen molar-refractivity contribution in [3.8, 4) is 0 Å². The fourth-order valence-electron chi connectivity index (χ4n) is 0.899. The Hall–Kier alpha value is -0.650. The van der Waals surface area contributed by atoms with Gasteiger partial charge >= 0.3 is 0 Å². The van der Waals surface area contributed by atoms with Gasteiger partial charge in [-0.25, -0.2) is 4.98 Å². The van der Waals surface area contributed by atoms with E-state index in [1.54, 1.807) is 6.20 Å². The third-order valence-corrected chi connectivity index (χ3v) is 2.36. The Bertz CT molecular complexity index is 301. The summed E-state index contributed by atoms with van der Waals surface area (Å²) >= 11 is 2.14. The second-order valence-corrected chi connectivity index (χ2v) is 3.79. The number of aromatic nitrogens is 1. The van der Waals surface area contributed by atoms with Crippen molar-refractivity contribution in [2.24, 2.45) is 0 Å². The predicted octanol–water partition coefficient (Wildman–Crippen LogP) is 2.42. The lowest BCUT2D eigenvalue weighted by molar-refractivity contribution is -0.116. The van der Waals surface area contributed by atoms with E-state index in [4.69, 9.17) is 0 Å². The van der Waals surface area contributed by atoms with Crippen LogP contribution in [0.1, 0.15) is 19.8 Å². The molecule has 0 bridgehead atoms. The van der Waals surface area contributed by atoms with E-state index in [0.717, 1.165) is 9.99 Å². The molecule has 1 N–H and O–H groups in total. The highest BCUT2D eigenvalue weighted by molar-refractivity contribution is 14.1. The maximum absolute atomic E-state index is 11.2. The first kappa shape index (κ1) is 10.4. The first-order valence-electron chi connectivity index (χ1n) is 4.14. The number of carbonyl (C=O) groups excluding carboxylic acids is 1. The standard InChI is InChI=1S/C9H11IN2O/c1-2-4-8(13)12-9-7(10)5-3-6-11-9/h3,5-6H,2,4H2,1H3,(H,11,12,13). The second-order valence-electron chi connectivity index (χ2n) is 2.63. The molecule has 0 saturated heterocycles. The van der Waals surface area contributed by atoms with Crippen LogP contribution in [-0.2, 0) is 4.79 Å². The summed E-state index contributed by atoms with van der Waals surface area (Å²) < 4.78 is 0.963. The monoisotopic (exact) mass is 290 g/mol. The van der Waals surface area contributed by atoms with Crippen molar-refractivity contribution < 1.29 is 4.79 Å². The lowest BCUT2D eigenvalue weighted by atomic mass is 10.3. The van der Waals surface area contributed by atoms with Gasteiger partial charge in [0.15, 0.2) is 0 Å². The van der Waals surface area contributed by atoms with Gasteiger partial charge < -0.3 is 5.32 Å². The van der Waals surface area contributed by atoms with Crippen LogP contribution in [0.25, 0.3) is 0 Å². The molecular formula is C9H11IN2O. The highest BCUT2D eigenvalue weighted by Gasteiger charge is 2.03. The largest absolute Gasteiger partial charge is 0.310 e. The molecule has 1 rings (SSSR count). The van der Waals surface area contributed by atoms with Gasteiger partial charge in [-0.3, -0.25) is 4.79 Å². The van der Waals surface area contributed by atoms with Crippen LogP contribution in [0.15, 0.2) is 18.3 Å². The van der Waals surface area contributed by atoms with E-state index >= 15 is 0 Å². The van der Waals surface area contributed by atoms with E-state index in [2.05, 4.69) is 32.9 Å². The lowest BCUT2D eigenvalue weighted by Crippen LogP contribution is -2.12. The molecule has 0 aliphatic carbocycles. The highest BCUT2D eigenvalue weighted by Crippen LogP contribution is 2.13. The van der Waals surface area contributed by atoms with E-state index in [9.17, 15) is 4.79 Å². The fraction of sp³-hybridized carbons (Fsp3) is 0.333. The van der Waals surface area contributed by atoms with Crippen LogP contribution in [0.5, 0.6) is 0 Å². The van der Waals surface area contributed by atoms with Crippen molar-refractivity contribution in [3.63, 3.8) is 0 Å². The molecule has 0 atom stereocenters. The van der Waals surface area contributed by atoms with E-state index in [-0.39, 0.29) is 5.91 Å². The number of halogens is 1. The highest BCUT2D eigenvalue weighted by atomic mass is 127. The number of nitrogens with zero attached hydrogens (tertiary/aromatic N) is 1. The zero-order valence-electron chi connectivity index (χ0n) is 7.38. The van der Waals surface area contributed by atoms with Crippen molar-refractivity contribution in [1.29, 1.82) is 0 Å². The summed E-state index contributed by atoms with van der Waals surface area (Å²) in [5.74, 6) is 0.681. The van der Waals surface area contributed by atoms with Crippen LogP contribution in [0.3, 0.4) is 0 Å². The van der Waals surface area contributed by atoms with E-state index in [0.29, 0.717) is 12.2 Å². The first-order valence-corrected chi connectivity index (χ1v) is 5.22. The van der Waals surface area contributed by atoms with Crippen LogP contribution >= 0.6 is 22.6 Å². The number of carbonyl (C=O) groups is 1. The zero-order chi connectivity index (χ0) is 9.68. The summed E-state index contributed by atoms with van der Waals surface area (Å²) in [6, 6.07) is 3.76. The number of hydrogen-bond donors (Lipinski definition) is 1.